The van der Waals surface area contributed by atoms with Crippen molar-refractivity contribution in [3.05, 3.63) is 23.8 Å². The molecule has 0 amide bonds. The molecule has 1 N–H and O–H groups in total. The average molecular weight is 277 g/mol. The molecule has 0 spiro atoms. The standard InChI is InChI=1S/C13H18F3NO2/c1-9(2)17(8-13(14,15)16)7-10-4-5-11(18)12(6-10)19-3/h4-6,9,18H,7-8H2,1-3H3. The van der Waals surface area contributed by atoms with E-state index in [4.69, 9.17) is 4.74 Å². The van der Waals surface area contributed by atoms with Gasteiger partial charge in [0.1, 0.15) is 0 Å². The number of alkyl halides is 3. The monoisotopic (exact) mass is 277 g/mol. The fourth-order valence-corrected chi connectivity index (χ4v) is 1.71. The summed E-state index contributed by atoms with van der Waals surface area (Å²) in [5, 5.41) is 9.45. The maximum absolute atomic E-state index is 12.5. The molecule has 0 saturated heterocycles. The van der Waals surface area contributed by atoms with Crippen LogP contribution in [-0.2, 0) is 6.54 Å². The Bertz CT molecular complexity index is 419. The number of phenolic OH excluding ortho intramolecular Hbond substituents is 1. The van der Waals surface area contributed by atoms with Crippen LogP contribution in [0.5, 0.6) is 11.5 Å². The molecule has 0 aliphatic heterocycles. The largest absolute Gasteiger partial charge is 0.504 e. The van der Waals surface area contributed by atoms with Crippen molar-refractivity contribution in [2.45, 2.75) is 32.6 Å². The molecule has 0 radical (unpaired) electrons. The zero-order valence-electron chi connectivity index (χ0n) is 11.2. The van der Waals surface area contributed by atoms with Crippen LogP contribution in [0.15, 0.2) is 18.2 Å². The lowest BCUT2D eigenvalue weighted by Gasteiger charge is -2.27. The van der Waals surface area contributed by atoms with Crippen LogP contribution in [-0.4, -0.2) is 35.9 Å². The lowest BCUT2D eigenvalue weighted by Crippen LogP contribution is -2.38. The Morgan fingerprint density at radius 3 is 2.42 bits per heavy atom. The van der Waals surface area contributed by atoms with Crippen molar-refractivity contribution in [3.8, 4) is 11.5 Å². The topological polar surface area (TPSA) is 32.7 Å². The second-order valence-electron chi connectivity index (χ2n) is 4.62. The first-order valence-electron chi connectivity index (χ1n) is 5.89. The van der Waals surface area contributed by atoms with Gasteiger partial charge in [-0.2, -0.15) is 13.2 Å². The molecule has 0 aromatic heterocycles. The van der Waals surface area contributed by atoms with Crippen LogP contribution < -0.4 is 4.74 Å². The fourth-order valence-electron chi connectivity index (χ4n) is 1.71. The number of nitrogens with zero attached hydrogens (tertiary/aromatic N) is 1. The highest BCUT2D eigenvalue weighted by Crippen LogP contribution is 2.27. The van der Waals surface area contributed by atoms with E-state index in [1.165, 1.54) is 18.1 Å². The van der Waals surface area contributed by atoms with Crippen molar-refractivity contribution < 1.29 is 23.0 Å². The maximum atomic E-state index is 12.5. The summed E-state index contributed by atoms with van der Waals surface area (Å²) < 4.78 is 42.4. The third-order valence-electron chi connectivity index (χ3n) is 2.74. The molecule has 0 atom stereocenters. The molecule has 19 heavy (non-hydrogen) atoms. The highest BCUT2D eigenvalue weighted by Gasteiger charge is 2.31. The SMILES string of the molecule is COc1cc(CN(CC(F)(F)F)C(C)C)ccc1O. The Hall–Kier alpha value is -1.43. The molecule has 6 heteroatoms. The summed E-state index contributed by atoms with van der Waals surface area (Å²) >= 11 is 0. The van der Waals surface area contributed by atoms with Crippen molar-refractivity contribution in [2.75, 3.05) is 13.7 Å². The van der Waals surface area contributed by atoms with Crippen molar-refractivity contribution >= 4 is 0 Å². The zero-order valence-corrected chi connectivity index (χ0v) is 11.2. The molecule has 0 aliphatic rings. The zero-order chi connectivity index (χ0) is 14.6. The molecular formula is C13H18F3NO2. The van der Waals surface area contributed by atoms with Crippen LogP contribution in [0.2, 0.25) is 0 Å². The molecule has 0 aliphatic carbocycles. The molecule has 0 bridgehead atoms. The predicted octanol–water partition coefficient (Wildman–Crippen LogP) is 3.17. The first-order chi connectivity index (χ1) is 8.73. The Balaban J connectivity index is 2.85. The third-order valence-corrected chi connectivity index (χ3v) is 2.74. The molecule has 0 fully saturated rings. The van der Waals surface area contributed by atoms with E-state index in [0.717, 1.165) is 0 Å². The number of halogens is 3. The molecule has 0 unspecified atom stereocenters. The van der Waals surface area contributed by atoms with Crippen LogP contribution in [0.3, 0.4) is 0 Å². The van der Waals surface area contributed by atoms with Gasteiger partial charge in [0.15, 0.2) is 11.5 Å². The van der Waals surface area contributed by atoms with Crippen LogP contribution in [0.25, 0.3) is 0 Å². The highest BCUT2D eigenvalue weighted by atomic mass is 19.4. The van der Waals surface area contributed by atoms with Crippen molar-refractivity contribution in [1.82, 2.24) is 4.90 Å². The van der Waals surface area contributed by atoms with Gasteiger partial charge in [-0.15, -0.1) is 0 Å². The van der Waals surface area contributed by atoms with E-state index in [9.17, 15) is 18.3 Å². The first-order valence-corrected chi connectivity index (χ1v) is 5.89. The quantitative estimate of drug-likeness (QED) is 0.897. The van der Waals surface area contributed by atoms with Gasteiger partial charge in [-0.3, -0.25) is 4.90 Å². The highest BCUT2D eigenvalue weighted by molar-refractivity contribution is 5.41. The molecule has 1 aromatic carbocycles. The van der Waals surface area contributed by atoms with E-state index in [1.54, 1.807) is 26.0 Å². The van der Waals surface area contributed by atoms with Crippen LogP contribution in [0.1, 0.15) is 19.4 Å². The van der Waals surface area contributed by atoms with Gasteiger partial charge in [-0.25, -0.2) is 0 Å². The van der Waals surface area contributed by atoms with Crippen molar-refractivity contribution in [1.29, 1.82) is 0 Å². The minimum Gasteiger partial charge on any atom is -0.504 e. The van der Waals surface area contributed by atoms with Gasteiger partial charge in [0.25, 0.3) is 0 Å². The summed E-state index contributed by atoms with van der Waals surface area (Å²) in [4.78, 5) is 1.31. The predicted molar refractivity (Wildman–Crippen MR) is 66.3 cm³/mol. The van der Waals surface area contributed by atoms with Crippen molar-refractivity contribution in [3.63, 3.8) is 0 Å². The van der Waals surface area contributed by atoms with Gasteiger partial charge in [0, 0.05) is 12.6 Å². The van der Waals surface area contributed by atoms with Crippen LogP contribution in [0.4, 0.5) is 13.2 Å². The average Bonchev–Trinajstić information content (AvgIpc) is 2.28. The molecule has 0 heterocycles. The van der Waals surface area contributed by atoms with E-state index < -0.39 is 12.7 Å². The number of ether oxygens (including phenoxy) is 1. The number of rotatable bonds is 5. The van der Waals surface area contributed by atoms with E-state index in [0.29, 0.717) is 5.56 Å². The Morgan fingerprint density at radius 2 is 1.95 bits per heavy atom. The summed E-state index contributed by atoms with van der Waals surface area (Å²) in [6, 6.07) is 4.31. The number of hydrogen-bond donors (Lipinski definition) is 1. The number of benzene rings is 1. The van der Waals surface area contributed by atoms with Gasteiger partial charge in [0.2, 0.25) is 0 Å². The number of phenols is 1. The Labute approximate surface area is 110 Å². The van der Waals surface area contributed by atoms with Gasteiger partial charge in [-0.1, -0.05) is 6.07 Å². The number of methoxy groups -OCH3 is 1. The second-order valence-corrected chi connectivity index (χ2v) is 4.62. The third kappa shape index (κ3) is 4.98. The number of aromatic hydroxyl groups is 1. The molecule has 1 aromatic rings. The van der Waals surface area contributed by atoms with Gasteiger partial charge >= 0.3 is 6.18 Å². The van der Waals surface area contributed by atoms with Crippen LogP contribution in [0, 0.1) is 0 Å². The first kappa shape index (κ1) is 15.6. The molecule has 3 nitrogen and oxygen atoms in total. The lowest BCUT2D eigenvalue weighted by atomic mass is 10.1. The van der Waals surface area contributed by atoms with E-state index >= 15 is 0 Å². The summed E-state index contributed by atoms with van der Waals surface area (Å²) in [7, 11) is 1.40. The van der Waals surface area contributed by atoms with Crippen LogP contribution >= 0.6 is 0 Å². The van der Waals surface area contributed by atoms with Crippen molar-refractivity contribution in [2.24, 2.45) is 0 Å². The van der Waals surface area contributed by atoms with E-state index in [1.807, 2.05) is 0 Å². The maximum Gasteiger partial charge on any atom is 0.401 e. The smallest absolute Gasteiger partial charge is 0.401 e. The second kappa shape index (κ2) is 6.14. The van der Waals surface area contributed by atoms with Gasteiger partial charge < -0.3 is 9.84 Å². The molecule has 108 valence electrons. The molecular weight excluding hydrogens is 259 g/mol. The minimum atomic E-state index is -4.23. The summed E-state index contributed by atoms with van der Waals surface area (Å²) in [6.45, 7) is 2.61. The van der Waals surface area contributed by atoms with E-state index in [-0.39, 0.29) is 24.1 Å². The molecule has 1 rings (SSSR count). The summed E-state index contributed by atoms with van der Waals surface area (Å²) in [6.07, 6.45) is -4.23. The van der Waals surface area contributed by atoms with E-state index in [2.05, 4.69) is 0 Å². The molecule has 0 saturated carbocycles. The Kier molecular flexibility index (Phi) is 5.05. The normalized spacial score (nSPS) is 12.2. The van der Waals surface area contributed by atoms with Gasteiger partial charge in [0.05, 0.1) is 13.7 Å². The minimum absolute atomic E-state index is 0.0295. The number of hydrogen-bond acceptors (Lipinski definition) is 3. The summed E-state index contributed by atoms with van der Waals surface area (Å²) in [5.74, 6) is 0.228. The fraction of sp³-hybridized carbons (Fsp3) is 0.538. The van der Waals surface area contributed by atoms with Gasteiger partial charge in [-0.05, 0) is 31.5 Å². The summed E-state index contributed by atoms with van der Waals surface area (Å²) in [5.41, 5.74) is 0.660. The Morgan fingerprint density at radius 1 is 1.32 bits per heavy atom. The lowest BCUT2D eigenvalue weighted by molar-refractivity contribution is -0.150.